The summed E-state index contributed by atoms with van der Waals surface area (Å²) in [6, 6.07) is 0.367. The Kier molecular flexibility index (Phi) is 5.95. The second-order valence-corrected chi connectivity index (χ2v) is 5.92. The molecule has 0 aromatic carbocycles. The number of carbonyl (C=O) groups excluding carboxylic acids is 1. The molecule has 1 aliphatic carbocycles. The molecule has 1 unspecified atom stereocenters. The number of nitrogens with two attached hydrogens (primary N) is 1. The molecule has 0 radical (unpaired) electrons. The van der Waals surface area contributed by atoms with E-state index < -0.39 is 11.5 Å². The van der Waals surface area contributed by atoms with E-state index in [9.17, 15) is 9.59 Å². The van der Waals surface area contributed by atoms with Crippen molar-refractivity contribution in [2.45, 2.75) is 64.1 Å². The van der Waals surface area contributed by atoms with Crippen molar-refractivity contribution in [2.75, 3.05) is 13.1 Å². The van der Waals surface area contributed by atoms with Crippen LogP contribution in [0.5, 0.6) is 0 Å². The first kappa shape index (κ1) is 16.9. The van der Waals surface area contributed by atoms with Crippen LogP contribution in [0.4, 0.5) is 0 Å². The SMILES string of the molecule is CCCC(C)(N)C(=O)NC1CC(N(CC)CC(=O)O)C1. The molecule has 6 nitrogen and oxygen atoms in total. The minimum Gasteiger partial charge on any atom is -0.480 e. The maximum Gasteiger partial charge on any atom is 0.317 e. The Hall–Kier alpha value is -1.14. The molecule has 4 N–H and O–H groups in total. The molecule has 6 heteroatoms. The van der Waals surface area contributed by atoms with Gasteiger partial charge < -0.3 is 16.2 Å². The zero-order valence-electron chi connectivity index (χ0n) is 12.7. The molecule has 1 atom stereocenters. The molecular formula is C14H27N3O3. The molecule has 0 aliphatic heterocycles. The van der Waals surface area contributed by atoms with Gasteiger partial charge in [-0.25, -0.2) is 0 Å². The summed E-state index contributed by atoms with van der Waals surface area (Å²) >= 11 is 0. The molecule has 1 fully saturated rings. The predicted octanol–water partition coefficient (Wildman–Crippen LogP) is 0.558. The number of carboxylic acids is 1. The summed E-state index contributed by atoms with van der Waals surface area (Å²) in [5, 5.41) is 11.8. The molecule has 1 rings (SSSR count). The third-order valence-electron chi connectivity index (χ3n) is 4.00. The second kappa shape index (κ2) is 7.04. The lowest BCUT2D eigenvalue weighted by Crippen LogP contribution is -2.60. The zero-order valence-corrected chi connectivity index (χ0v) is 12.7. The first-order chi connectivity index (χ1) is 9.30. The molecule has 1 amide bonds. The van der Waals surface area contributed by atoms with Gasteiger partial charge in [0, 0.05) is 12.1 Å². The summed E-state index contributed by atoms with van der Waals surface area (Å²) in [6.45, 7) is 6.48. The van der Waals surface area contributed by atoms with Crippen molar-refractivity contribution in [1.29, 1.82) is 0 Å². The number of aliphatic carboxylic acids is 1. The maximum atomic E-state index is 12.0. The molecular weight excluding hydrogens is 258 g/mol. The number of hydrogen-bond acceptors (Lipinski definition) is 4. The van der Waals surface area contributed by atoms with Crippen LogP contribution in [-0.2, 0) is 9.59 Å². The minimum atomic E-state index is -0.814. The van der Waals surface area contributed by atoms with Gasteiger partial charge in [-0.05, 0) is 32.7 Å². The Labute approximate surface area is 120 Å². The fraction of sp³-hybridized carbons (Fsp3) is 0.857. The van der Waals surface area contributed by atoms with E-state index in [2.05, 4.69) is 5.32 Å². The smallest absolute Gasteiger partial charge is 0.317 e. The van der Waals surface area contributed by atoms with E-state index in [0.717, 1.165) is 19.3 Å². The number of carboxylic acid groups (broad SMARTS) is 1. The number of carbonyl (C=O) groups is 2. The Balaban J connectivity index is 2.38. The van der Waals surface area contributed by atoms with E-state index in [4.69, 9.17) is 10.8 Å². The monoisotopic (exact) mass is 285 g/mol. The van der Waals surface area contributed by atoms with Crippen molar-refractivity contribution in [3.8, 4) is 0 Å². The van der Waals surface area contributed by atoms with Crippen molar-refractivity contribution >= 4 is 11.9 Å². The van der Waals surface area contributed by atoms with Gasteiger partial charge in [0.1, 0.15) is 0 Å². The Bertz CT molecular complexity index is 352. The highest BCUT2D eigenvalue weighted by Crippen LogP contribution is 2.26. The number of rotatable bonds is 8. The third kappa shape index (κ3) is 4.45. The lowest BCUT2D eigenvalue weighted by Gasteiger charge is -2.43. The molecule has 0 aromatic rings. The van der Waals surface area contributed by atoms with Crippen LogP contribution in [0, 0.1) is 0 Å². The number of likely N-dealkylation sites (N-methyl/N-ethyl adjacent to an activating group) is 1. The number of nitrogens with zero attached hydrogens (tertiary/aromatic N) is 1. The van der Waals surface area contributed by atoms with Crippen LogP contribution in [-0.4, -0.2) is 52.6 Å². The van der Waals surface area contributed by atoms with Gasteiger partial charge in [-0.15, -0.1) is 0 Å². The normalized spacial score (nSPS) is 24.9. The standard InChI is InChI=1S/C14H27N3O3/c1-4-6-14(3,15)13(20)16-10-7-11(8-10)17(5-2)9-12(18)19/h10-11H,4-9,15H2,1-3H3,(H,16,20)(H,18,19). The summed E-state index contributed by atoms with van der Waals surface area (Å²) in [6.07, 6.45) is 3.13. The van der Waals surface area contributed by atoms with Gasteiger partial charge in [0.15, 0.2) is 0 Å². The molecule has 0 bridgehead atoms. The lowest BCUT2D eigenvalue weighted by atomic mass is 9.84. The summed E-state index contributed by atoms with van der Waals surface area (Å²) in [5.74, 6) is -0.916. The number of hydrogen-bond donors (Lipinski definition) is 3. The van der Waals surface area contributed by atoms with Gasteiger partial charge in [0.05, 0.1) is 12.1 Å². The van der Waals surface area contributed by atoms with E-state index in [0.29, 0.717) is 13.0 Å². The highest BCUT2D eigenvalue weighted by atomic mass is 16.4. The Morgan fingerprint density at radius 3 is 2.45 bits per heavy atom. The van der Waals surface area contributed by atoms with Crippen molar-refractivity contribution in [3.05, 3.63) is 0 Å². The van der Waals surface area contributed by atoms with Crippen LogP contribution in [0.3, 0.4) is 0 Å². The fourth-order valence-corrected chi connectivity index (χ4v) is 2.66. The summed E-state index contributed by atoms with van der Waals surface area (Å²) in [5.41, 5.74) is 5.17. The Morgan fingerprint density at radius 2 is 2.00 bits per heavy atom. The van der Waals surface area contributed by atoms with E-state index in [-0.39, 0.29) is 24.5 Å². The van der Waals surface area contributed by atoms with Gasteiger partial charge in [0.25, 0.3) is 0 Å². The molecule has 1 saturated carbocycles. The quantitative estimate of drug-likeness (QED) is 0.605. The maximum absolute atomic E-state index is 12.0. The van der Waals surface area contributed by atoms with Crippen LogP contribution in [0.25, 0.3) is 0 Å². The lowest BCUT2D eigenvalue weighted by molar-refractivity contribution is -0.140. The molecule has 0 saturated heterocycles. The van der Waals surface area contributed by atoms with E-state index in [1.165, 1.54) is 0 Å². The van der Waals surface area contributed by atoms with Crippen LogP contribution in [0.1, 0.15) is 46.5 Å². The van der Waals surface area contributed by atoms with Gasteiger partial charge in [-0.2, -0.15) is 0 Å². The van der Waals surface area contributed by atoms with Gasteiger partial charge >= 0.3 is 5.97 Å². The van der Waals surface area contributed by atoms with Crippen molar-refractivity contribution in [1.82, 2.24) is 10.2 Å². The molecule has 116 valence electrons. The van der Waals surface area contributed by atoms with Crippen molar-refractivity contribution in [3.63, 3.8) is 0 Å². The van der Waals surface area contributed by atoms with E-state index in [1.54, 1.807) is 6.92 Å². The highest BCUT2D eigenvalue weighted by molar-refractivity contribution is 5.85. The Morgan fingerprint density at radius 1 is 1.40 bits per heavy atom. The average molecular weight is 285 g/mol. The topological polar surface area (TPSA) is 95.7 Å². The molecule has 20 heavy (non-hydrogen) atoms. The number of amides is 1. The fourth-order valence-electron chi connectivity index (χ4n) is 2.66. The molecule has 1 aliphatic rings. The molecule has 0 aromatic heterocycles. The van der Waals surface area contributed by atoms with Crippen LogP contribution < -0.4 is 11.1 Å². The van der Waals surface area contributed by atoms with Gasteiger partial charge in [-0.1, -0.05) is 20.3 Å². The van der Waals surface area contributed by atoms with Gasteiger partial charge in [0.2, 0.25) is 5.91 Å². The van der Waals surface area contributed by atoms with Crippen LogP contribution >= 0.6 is 0 Å². The third-order valence-corrected chi connectivity index (χ3v) is 4.00. The first-order valence-corrected chi connectivity index (χ1v) is 7.35. The molecule has 0 heterocycles. The predicted molar refractivity (Wildman–Crippen MR) is 77.3 cm³/mol. The van der Waals surface area contributed by atoms with E-state index in [1.807, 2.05) is 18.7 Å². The summed E-state index contributed by atoms with van der Waals surface area (Å²) in [7, 11) is 0. The first-order valence-electron chi connectivity index (χ1n) is 7.35. The average Bonchev–Trinajstić information content (AvgIpc) is 2.30. The van der Waals surface area contributed by atoms with E-state index >= 15 is 0 Å². The van der Waals surface area contributed by atoms with Crippen molar-refractivity contribution < 1.29 is 14.7 Å². The second-order valence-electron chi connectivity index (χ2n) is 5.92. The minimum absolute atomic E-state index is 0.0618. The summed E-state index contributed by atoms with van der Waals surface area (Å²) in [4.78, 5) is 24.7. The van der Waals surface area contributed by atoms with Crippen LogP contribution in [0.15, 0.2) is 0 Å². The van der Waals surface area contributed by atoms with Gasteiger partial charge in [-0.3, -0.25) is 14.5 Å². The zero-order chi connectivity index (χ0) is 15.3. The molecule has 0 spiro atoms. The van der Waals surface area contributed by atoms with Crippen molar-refractivity contribution in [2.24, 2.45) is 5.73 Å². The summed E-state index contributed by atoms with van der Waals surface area (Å²) < 4.78 is 0. The largest absolute Gasteiger partial charge is 0.480 e. The highest BCUT2D eigenvalue weighted by Gasteiger charge is 2.37. The number of nitrogens with one attached hydrogen (secondary N) is 1. The van der Waals surface area contributed by atoms with Crippen LogP contribution in [0.2, 0.25) is 0 Å².